The molecule has 0 saturated carbocycles. The molecule has 0 aliphatic carbocycles. The largest absolute Gasteiger partial charge is 0.464 e. The van der Waals surface area contributed by atoms with E-state index >= 15 is 0 Å². The lowest BCUT2D eigenvalue weighted by molar-refractivity contribution is -0.141. The number of carbonyl (C=O) groups excluding carboxylic acids is 2. The summed E-state index contributed by atoms with van der Waals surface area (Å²) in [4.78, 5) is 42.7. The third kappa shape index (κ3) is 7.51. The Labute approximate surface area is 211 Å². The lowest BCUT2D eigenvalue weighted by Gasteiger charge is -2.28. The number of rotatable bonds is 13. The van der Waals surface area contributed by atoms with Gasteiger partial charge in [-0.25, -0.2) is 4.39 Å². The van der Waals surface area contributed by atoms with Crippen molar-refractivity contribution in [1.82, 2.24) is 9.80 Å². The zero-order valence-corrected chi connectivity index (χ0v) is 21.2. The molecule has 3 aromatic rings. The number of carbonyl (C=O) groups is 2. The van der Waals surface area contributed by atoms with Gasteiger partial charge in [0.25, 0.3) is 0 Å². The first-order valence-electron chi connectivity index (χ1n) is 12.7. The number of hydrogen-bond donors (Lipinski definition) is 0. The Hall–Kier alpha value is -3.48. The molecule has 6 nitrogen and oxygen atoms in total. The van der Waals surface area contributed by atoms with E-state index in [0.717, 1.165) is 37.7 Å². The number of benzene rings is 2. The number of unbranched alkanes of at least 4 members (excludes halogenated alkanes) is 3. The Bertz CT molecular complexity index is 1210. The maximum atomic E-state index is 13.5. The lowest BCUT2D eigenvalue weighted by atomic mass is 10.1. The number of para-hydroxylation sites is 1. The van der Waals surface area contributed by atoms with E-state index in [1.807, 2.05) is 6.92 Å². The predicted molar refractivity (Wildman–Crippen MR) is 139 cm³/mol. The highest BCUT2D eigenvalue weighted by Gasteiger charge is 2.23. The molecular formula is C29H35FN2O4. The van der Waals surface area contributed by atoms with E-state index in [9.17, 15) is 18.8 Å². The van der Waals surface area contributed by atoms with Gasteiger partial charge in [-0.3, -0.25) is 14.4 Å². The minimum atomic E-state index is -0.366. The number of nitrogens with zero attached hydrogens (tertiary/aromatic N) is 2. The highest BCUT2D eigenvalue weighted by atomic mass is 19.1. The molecule has 0 radical (unpaired) electrons. The molecule has 36 heavy (non-hydrogen) atoms. The zero-order chi connectivity index (χ0) is 25.9. The van der Waals surface area contributed by atoms with Crippen LogP contribution >= 0.6 is 0 Å². The molecule has 1 heterocycles. The van der Waals surface area contributed by atoms with Gasteiger partial charge < -0.3 is 14.2 Å². The number of fused-ring (bicyclic) bond motifs is 1. The van der Waals surface area contributed by atoms with Crippen molar-refractivity contribution in [2.75, 3.05) is 13.1 Å². The predicted octanol–water partition coefficient (Wildman–Crippen LogP) is 5.67. The third-order valence-corrected chi connectivity index (χ3v) is 6.21. The molecule has 0 aliphatic heterocycles. The molecule has 0 bridgehead atoms. The average molecular weight is 495 g/mol. The van der Waals surface area contributed by atoms with Gasteiger partial charge >= 0.3 is 0 Å². The Morgan fingerprint density at radius 3 is 2.31 bits per heavy atom. The van der Waals surface area contributed by atoms with Gasteiger partial charge in [0.2, 0.25) is 11.8 Å². The molecule has 0 fully saturated rings. The van der Waals surface area contributed by atoms with Gasteiger partial charge in [0.05, 0.1) is 30.3 Å². The third-order valence-electron chi connectivity index (χ3n) is 6.21. The Morgan fingerprint density at radius 2 is 1.58 bits per heavy atom. The highest BCUT2D eigenvalue weighted by molar-refractivity contribution is 5.85. The molecule has 2 amide bonds. The van der Waals surface area contributed by atoms with E-state index in [0.29, 0.717) is 29.5 Å². The monoisotopic (exact) mass is 494 g/mol. The van der Waals surface area contributed by atoms with Crippen molar-refractivity contribution < 1.29 is 18.4 Å². The molecule has 3 rings (SSSR count). The molecular weight excluding hydrogens is 459 g/mol. The van der Waals surface area contributed by atoms with E-state index in [-0.39, 0.29) is 42.7 Å². The summed E-state index contributed by atoms with van der Waals surface area (Å²) in [6, 6.07) is 12.9. The van der Waals surface area contributed by atoms with Crippen LogP contribution in [0.2, 0.25) is 0 Å². The first kappa shape index (κ1) is 27.1. The smallest absolute Gasteiger partial charge is 0.242 e. The summed E-state index contributed by atoms with van der Waals surface area (Å²) in [5, 5.41) is 0.444. The van der Waals surface area contributed by atoms with Crippen molar-refractivity contribution in [1.29, 1.82) is 0 Å². The molecule has 7 heteroatoms. The van der Waals surface area contributed by atoms with Crippen LogP contribution in [0.1, 0.15) is 63.5 Å². The minimum Gasteiger partial charge on any atom is -0.464 e. The standard InChI is InChI=1S/C29H35FN2O4/c1-3-5-7-12-27(33)31(17-6-4-2)20-28(34)32(18-22-13-15-24(30)16-14-22)19-23-21-36-26-11-9-8-10-25(26)29(23)35/h8-11,13-16,21H,3-7,12,17-20H2,1-2H3. The summed E-state index contributed by atoms with van der Waals surface area (Å²) in [6.45, 7) is 4.77. The van der Waals surface area contributed by atoms with Gasteiger partial charge in [-0.1, -0.05) is 57.4 Å². The maximum absolute atomic E-state index is 13.5. The van der Waals surface area contributed by atoms with Gasteiger partial charge in [0.1, 0.15) is 11.4 Å². The Balaban J connectivity index is 1.85. The molecule has 0 N–H and O–H groups in total. The second-order valence-corrected chi connectivity index (χ2v) is 9.09. The first-order valence-corrected chi connectivity index (χ1v) is 12.7. The average Bonchev–Trinajstić information content (AvgIpc) is 2.89. The molecule has 0 atom stereocenters. The van der Waals surface area contributed by atoms with Crippen LogP contribution in [-0.4, -0.2) is 34.7 Å². The van der Waals surface area contributed by atoms with Crippen molar-refractivity contribution >= 4 is 22.8 Å². The van der Waals surface area contributed by atoms with Crippen molar-refractivity contribution in [3.05, 3.63) is 82.0 Å². The van der Waals surface area contributed by atoms with Gasteiger partial charge in [0, 0.05) is 19.5 Å². The maximum Gasteiger partial charge on any atom is 0.242 e. The summed E-state index contributed by atoms with van der Waals surface area (Å²) in [5.41, 5.74) is 1.35. The molecule has 0 aliphatic rings. The van der Waals surface area contributed by atoms with E-state index in [1.165, 1.54) is 23.3 Å². The van der Waals surface area contributed by atoms with E-state index in [1.54, 1.807) is 41.3 Å². The lowest BCUT2D eigenvalue weighted by Crippen LogP contribution is -2.43. The SMILES string of the molecule is CCCCCC(=O)N(CCCC)CC(=O)N(Cc1ccc(F)cc1)Cc1coc2ccccc2c1=O. The van der Waals surface area contributed by atoms with Crippen LogP contribution in [0.5, 0.6) is 0 Å². The van der Waals surface area contributed by atoms with Crippen LogP contribution in [0.4, 0.5) is 4.39 Å². The van der Waals surface area contributed by atoms with Crippen molar-refractivity contribution in [3.63, 3.8) is 0 Å². The van der Waals surface area contributed by atoms with E-state index in [4.69, 9.17) is 4.42 Å². The normalized spacial score (nSPS) is 11.0. The fourth-order valence-electron chi connectivity index (χ4n) is 4.06. The number of amides is 2. The topological polar surface area (TPSA) is 70.8 Å². The molecule has 0 saturated heterocycles. The summed E-state index contributed by atoms with van der Waals surface area (Å²) >= 11 is 0. The zero-order valence-electron chi connectivity index (χ0n) is 21.2. The number of halogens is 1. The quantitative estimate of drug-likeness (QED) is 0.287. The van der Waals surface area contributed by atoms with Crippen molar-refractivity contribution in [3.8, 4) is 0 Å². The molecule has 0 spiro atoms. The highest BCUT2D eigenvalue weighted by Crippen LogP contribution is 2.15. The summed E-state index contributed by atoms with van der Waals surface area (Å²) in [5.74, 6) is -0.667. The summed E-state index contributed by atoms with van der Waals surface area (Å²) in [7, 11) is 0. The van der Waals surface area contributed by atoms with Crippen LogP contribution in [-0.2, 0) is 22.7 Å². The van der Waals surface area contributed by atoms with Crippen molar-refractivity contribution in [2.45, 2.75) is 65.5 Å². The minimum absolute atomic E-state index is 0.0228. The molecule has 2 aromatic carbocycles. The molecule has 192 valence electrons. The van der Waals surface area contributed by atoms with Crippen LogP contribution in [0, 0.1) is 5.82 Å². The first-order chi connectivity index (χ1) is 17.4. The van der Waals surface area contributed by atoms with Gasteiger partial charge in [-0.05, 0) is 42.7 Å². The van der Waals surface area contributed by atoms with Gasteiger partial charge in [-0.15, -0.1) is 0 Å². The van der Waals surface area contributed by atoms with Gasteiger partial charge in [-0.2, -0.15) is 0 Å². The molecule has 1 aromatic heterocycles. The van der Waals surface area contributed by atoms with E-state index in [2.05, 4.69) is 6.92 Å². The fourth-order valence-corrected chi connectivity index (χ4v) is 4.06. The van der Waals surface area contributed by atoms with Crippen LogP contribution in [0.15, 0.2) is 64.0 Å². The number of hydrogen-bond acceptors (Lipinski definition) is 4. The van der Waals surface area contributed by atoms with Gasteiger partial charge in [0.15, 0.2) is 5.43 Å². The second-order valence-electron chi connectivity index (χ2n) is 9.09. The molecule has 0 unspecified atom stereocenters. The fraction of sp³-hybridized carbons (Fsp3) is 0.414. The summed E-state index contributed by atoms with van der Waals surface area (Å²) in [6.07, 6.45) is 6.29. The second kappa shape index (κ2) is 13.6. The van der Waals surface area contributed by atoms with E-state index < -0.39 is 0 Å². The van der Waals surface area contributed by atoms with Crippen LogP contribution in [0.25, 0.3) is 11.0 Å². The Morgan fingerprint density at radius 1 is 0.861 bits per heavy atom. The Kier molecular flexibility index (Phi) is 10.2. The summed E-state index contributed by atoms with van der Waals surface area (Å²) < 4.78 is 19.1. The van der Waals surface area contributed by atoms with Crippen LogP contribution < -0.4 is 5.43 Å². The van der Waals surface area contributed by atoms with Crippen LogP contribution in [0.3, 0.4) is 0 Å². The van der Waals surface area contributed by atoms with Crippen molar-refractivity contribution in [2.24, 2.45) is 0 Å².